The van der Waals surface area contributed by atoms with E-state index < -0.39 is 0 Å². The van der Waals surface area contributed by atoms with Gasteiger partial charge >= 0.3 is 0 Å². The maximum absolute atomic E-state index is 5.58. The van der Waals surface area contributed by atoms with E-state index in [0.29, 0.717) is 23.0 Å². The Morgan fingerprint density at radius 1 is 0.923 bits per heavy atom. The summed E-state index contributed by atoms with van der Waals surface area (Å²) >= 11 is 0. The molecule has 0 spiro atoms. The Balaban J connectivity index is 1.99. The smallest absolute Gasteiger partial charge is 0.172 e. The number of methoxy groups -OCH3 is 3. The highest BCUT2D eigenvalue weighted by atomic mass is 16.5. The molecular weight excluding hydrogens is 330 g/mol. The van der Waals surface area contributed by atoms with Crippen molar-refractivity contribution < 1.29 is 18.7 Å². The van der Waals surface area contributed by atoms with Gasteiger partial charge in [-0.25, -0.2) is 0 Å². The van der Waals surface area contributed by atoms with Gasteiger partial charge in [-0.05, 0) is 18.1 Å². The van der Waals surface area contributed by atoms with Gasteiger partial charge in [-0.3, -0.25) is 0 Å². The third-order valence-corrected chi connectivity index (χ3v) is 4.25. The van der Waals surface area contributed by atoms with Crippen LogP contribution < -0.4 is 14.2 Å². The molecule has 0 aliphatic rings. The normalized spacial score (nSPS) is 10.6. The van der Waals surface area contributed by atoms with Gasteiger partial charge in [0.2, 0.25) is 0 Å². The van der Waals surface area contributed by atoms with Crippen molar-refractivity contribution in [1.29, 1.82) is 0 Å². The number of hydrogen-bond donors (Lipinski definition) is 0. The van der Waals surface area contributed by atoms with Crippen molar-refractivity contribution in [3.05, 3.63) is 48.0 Å². The predicted molar refractivity (Wildman–Crippen MR) is 101 cm³/mol. The van der Waals surface area contributed by atoms with Crippen LogP contribution in [0.4, 0.5) is 0 Å². The van der Waals surface area contributed by atoms with Gasteiger partial charge in [-0.1, -0.05) is 42.8 Å². The molecule has 0 fully saturated rings. The Bertz CT molecular complexity index is 868. The highest BCUT2D eigenvalue weighted by Gasteiger charge is 2.19. The van der Waals surface area contributed by atoms with E-state index in [-0.39, 0.29) is 0 Å². The van der Waals surface area contributed by atoms with Crippen LogP contribution in [0.2, 0.25) is 0 Å². The molecule has 1 aromatic heterocycles. The van der Waals surface area contributed by atoms with Crippen LogP contribution in [0.5, 0.6) is 17.2 Å². The lowest BCUT2D eigenvalue weighted by Gasteiger charge is -2.12. The van der Waals surface area contributed by atoms with Gasteiger partial charge in [0, 0.05) is 17.7 Å². The minimum absolute atomic E-state index is 0.573. The van der Waals surface area contributed by atoms with Crippen LogP contribution in [0.3, 0.4) is 0 Å². The summed E-state index contributed by atoms with van der Waals surface area (Å²) in [5, 5.41) is 4.21. The van der Waals surface area contributed by atoms with Crippen molar-refractivity contribution in [3.63, 3.8) is 0 Å². The maximum Gasteiger partial charge on any atom is 0.172 e. The van der Waals surface area contributed by atoms with Crippen molar-refractivity contribution in [2.24, 2.45) is 0 Å². The van der Waals surface area contributed by atoms with Crippen LogP contribution in [-0.4, -0.2) is 26.5 Å². The topological polar surface area (TPSA) is 53.7 Å². The summed E-state index contributed by atoms with van der Waals surface area (Å²) < 4.78 is 21.8. The van der Waals surface area contributed by atoms with Crippen LogP contribution in [0.25, 0.3) is 22.6 Å². The molecule has 0 unspecified atom stereocenters. The van der Waals surface area contributed by atoms with Crippen molar-refractivity contribution >= 4 is 0 Å². The van der Waals surface area contributed by atoms with Crippen molar-refractivity contribution in [2.45, 2.75) is 19.8 Å². The third kappa shape index (κ3) is 3.52. The summed E-state index contributed by atoms with van der Waals surface area (Å²) in [6.45, 7) is 2.17. The van der Waals surface area contributed by atoms with Crippen LogP contribution in [0.1, 0.15) is 18.9 Å². The van der Waals surface area contributed by atoms with Crippen LogP contribution in [0.15, 0.2) is 47.0 Å². The Morgan fingerprint density at radius 2 is 1.69 bits per heavy atom. The first kappa shape index (κ1) is 17.9. The van der Waals surface area contributed by atoms with E-state index in [1.165, 1.54) is 5.56 Å². The predicted octanol–water partition coefficient (Wildman–Crippen LogP) is 4.99. The third-order valence-electron chi connectivity index (χ3n) is 4.25. The van der Waals surface area contributed by atoms with E-state index in [1.54, 1.807) is 27.4 Å². The lowest BCUT2D eigenvalue weighted by Crippen LogP contribution is -1.95. The van der Waals surface area contributed by atoms with E-state index in [4.69, 9.17) is 18.7 Å². The van der Waals surface area contributed by atoms with Crippen molar-refractivity contribution in [3.8, 4) is 39.8 Å². The second kappa shape index (κ2) is 7.95. The quantitative estimate of drug-likeness (QED) is 0.599. The van der Waals surface area contributed by atoms with E-state index >= 15 is 0 Å². The fraction of sp³-hybridized carbons (Fsp3) is 0.286. The van der Waals surface area contributed by atoms with E-state index in [0.717, 1.165) is 29.7 Å². The van der Waals surface area contributed by atoms with Gasteiger partial charge in [0.15, 0.2) is 17.3 Å². The Labute approximate surface area is 153 Å². The van der Waals surface area contributed by atoms with Gasteiger partial charge < -0.3 is 18.7 Å². The molecule has 0 amide bonds. The maximum atomic E-state index is 5.58. The number of ether oxygens (including phenoxy) is 3. The molecule has 0 saturated carbocycles. The minimum atomic E-state index is 0.573. The zero-order chi connectivity index (χ0) is 18.5. The molecule has 5 heteroatoms. The molecule has 0 atom stereocenters. The average molecular weight is 353 g/mol. The first-order valence-electron chi connectivity index (χ1n) is 8.56. The molecule has 0 radical (unpaired) electrons. The number of nitrogens with zero attached hydrogens (tertiary/aromatic N) is 1. The second-order valence-corrected chi connectivity index (χ2v) is 5.93. The largest absolute Gasteiger partial charge is 0.497 e. The molecule has 3 aromatic rings. The molecule has 1 heterocycles. The highest BCUT2D eigenvalue weighted by Crippen LogP contribution is 2.42. The molecule has 26 heavy (non-hydrogen) atoms. The summed E-state index contributed by atoms with van der Waals surface area (Å²) in [6, 6.07) is 13.9. The number of hydrogen-bond acceptors (Lipinski definition) is 5. The molecule has 0 aliphatic carbocycles. The van der Waals surface area contributed by atoms with Gasteiger partial charge in [0.05, 0.1) is 26.9 Å². The van der Waals surface area contributed by atoms with Crippen molar-refractivity contribution in [2.75, 3.05) is 21.3 Å². The average Bonchev–Trinajstić information content (AvgIpc) is 3.17. The number of aromatic nitrogens is 1. The summed E-state index contributed by atoms with van der Waals surface area (Å²) in [5.74, 6) is 2.39. The first-order chi connectivity index (χ1) is 12.7. The molecule has 136 valence electrons. The van der Waals surface area contributed by atoms with Crippen LogP contribution in [0, 0.1) is 0 Å². The fourth-order valence-corrected chi connectivity index (χ4v) is 2.91. The van der Waals surface area contributed by atoms with Crippen LogP contribution >= 0.6 is 0 Å². The monoisotopic (exact) mass is 353 g/mol. The highest BCUT2D eigenvalue weighted by molar-refractivity contribution is 5.75. The Morgan fingerprint density at radius 3 is 2.31 bits per heavy atom. The molecule has 2 aromatic carbocycles. The SMILES string of the molecule is CCCc1ccc(-c2cc(-c3cc(OC)cc(OC)c3OC)on2)cc1. The van der Waals surface area contributed by atoms with Gasteiger partial charge in [0.25, 0.3) is 0 Å². The zero-order valence-corrected chi connectivity index (χ0v) is 15.5. The zero-order valence-electron chi connectivity index (χ0n) is 15.5. The molecule has 0 bridgehead atoms. The lowest BCUT2D eigenvalue weighted by molar-refractivity contribution is 0.348. The van der Waals surface area contributed by atoms with Gasteiger partial charge in [-0.15, -0.1) is 0 Å². The van der Waals surface area contributed by atoms with E-state index in [9.17, 15) is 0 Å². The molecule has 3 rings (SSSR count). The van der Waals surface area contributed by atoms with Gasteiger partial charge in [0.1, 0.15) is 11.4 Å². The standard InChI is InChI=1S/C21H23NO4/c1-5-6-14-7-9-15(10-8-14)18-13-19(26-22-18)17-11-16(23-2)12-20(24-3)21(17)25-4/h7-13H,5-6H2,1-4H3. The molecule has 5 nitrogen and oxygen atoms in total. The fourth-order valence-electron chi connectivity index (χ4n) is 2.91. The summed E-state index contributed by atoms with van der Waals surface area (Å²) in [7, 11) is 4.79. The first-order valence-corrected chi connectivity index (χ1v) is 8.56. The Kier molecular flexibility index (Phi) is 5.46. The molecular formula is C21H23NO4. The summed E-state index contributed by atoms with van der Waals surface area (Å²) in [5.41, 5.74) is 3.82. The van der Waals surface area contributed by atoms with Crippen LogP contribution in [-0.2, 0) is 6.42 Å². The number of benzene rings is 2. The molecule has 0 saturated heterocycles. The Hall–Kier alpha value is -2.95. The number of aryl methyl sites for hydroxylation is 1. The minimum Gasteiger partial charge on any atom is -0.497 e. The van der Waals surface area contributed by atoms with Gasteiger partial charge in [-0.2, -0.15) is 0 Å². The lowest BCUT2D eigenvalue weighted by atomic mass is 10.0. The van der Waals surface area contributed by atoms with Crippen molar-refractivity contribution in [1.82, 2.24) is 5.16 Å². The summed E-state index contributed by atoms with van der Waals surface area (Å²) in [4.78, 5) is 0. The van der Waals surface area contributed by atoms with E-state index in [1.807, 2.05) is 12.1 Å². The summed E-state index contributed by atoms with van der Waals surface area (Å²) in [6.07, 6.45) is 2.20. The molecule has 0 aliphatic heterocycles. The number of rotatable bonds is 7. The second-order valence-electron chi connectivity index (χ2n) is 5.93. The van der Waals surface area contributed by atoms with E-state index in [2.05, 4.69) is 36.3 Å². The molecule has 0 N–H and O–H groups in total.